The highest BCUT2D eigenvalue weighted by Gasteiger charge is 2.41. The van der Waals surface area contributed by atoms with Crippen LogP contribution in [0.5, 0.6) is 0 Å². The lowest BCUT2D eigenvalue weighted by Crippen LogP contribution is -2.35. The summed E-state index contributed by atoms with van der Waals surface area (Å²) in [7, 11) is 0. The number of nitrogens with zero attached hydrogens (tertiary/aromatic N) is 3. The Balaban J connectivity index is 2.35. The first-order chi connectivity index (χ1) is 7.50. The minimum Gasteiger partial charge on any atom is -0.388 e. The van der Waals surface area contributed by atoms with E-state index in [1.165, 1.54) is 0 Å². The molecule has 2 heterocycles. The lowest BCUT2D eigenvalue weighted by molar-refractivity contribution is -0.0356. The van der Waals surface area contributed by atoms with Crippen molar-refractivity contribution in [3.63, 3.8) is 0 Å². The van der Waals surface area contributed by atoms with Gasteiger partial charge in [-0.3, -0.25) is 4.57 Å². The van der Waals surface area contributed by atoms with Crippen molar-refractivity contribution in [3.8, 4) is 0 Å². The van der Waals surface area contributed by atoms with Crippen LogP contribution in [0.3, 0.4) is 0 Å². The maximum absolute atomic E-state index is 11.4. The lowest BCUT2D eigenvalue weighted by Gasteiger charge is -2.16. The van der Waals surface area contributed by atoms with Crippen molar-refractivity contribution >= 4 is 5.95 Å². The molecule has 2 rings (SSSR count). The molecular formula is C8H12N4O4. The normalized spacial score (nSPS) is 34.2. The van der Waals surface area contributed by atoms with Crippen LogP contribution in [0.2, 0.25) is 0 Å². The third-order valence-electron chi connectivity index (χ3n) is 2.50. The number of hydrogen-bond donors (Lipinski definition) is 3. The van der Waals surface area contributed by atoms with Gasteiger partial charge in [0.2, 0.25) is 5.95 Å². The van der Waals surface area contributed by atoms with Crippen molar-refractivity contribution in [1.82, 2.24) is 14.5 Å². The average molecular weight is 228 g/mol. The minimum atomic E-state index is -1.19. The molecule has 4 atom stereocenters. The molecule has 1 fully saturated rings. The number of nitrogens with two attached hydrogens (primary N) is 1. The highest BCUT2D eigenvalue weighted by Crippen LogP contribution is 2.27. The van der Waals surface area contributed by atoms with Crippen molar-refractivity contribution < 1.29 is 14.9 Å². The van der Waals surface area contributed by atoms with Gasteiger partial charge in [0.25, 0.3) is 0 Å². The predicted octanol–water partition coefficient (Wildman–Crippen LogP) is -2.14. The van der Waals surface area contributed by atoms with Gasteiger partial charge in [-0.1, -0.05) is 0 Å². The molecule has 0 aliphatic carbocycles. The van der Waals surface area contributed by atoms with E-state index in [0.29, 0.717) is 0 Å². The van der Waals surface area contributed by atoms with Crippen LogP contribution in [0, 0.1) is 0 Å². The Morgan fingerprint density at radius 1 is 1.50 bits per heavy atom. The summed E-state index contributed by atoms with van der Waals surface area (Å²) in [5.41, 5.74) is 4.54. The highest BCUT2D eigenvalue weighted by molar-refractivity contribution is 5.10. The van der Waals surface area contributed by atoms with Crippen molar-refractivity contribution in [1.29, 1.82) is 0 Å². The summed E-state index contributed by atoms with van der Waals surface area (Å²) in [6, 6.07) is 0. The molecule has 1 aromatic heterocycles. The third-order valence-corrected chi connectivity index (χ3v) is 2.50. The fourth-order valence-corrected chi connectivity index (χ4v) is 1.59. The zero-order chi connectivity index (χ0) is 11.9. The van der Waals surface area contributed by atoms with E-state index in [0.717, 1.165) is 10.9 Å². The van der Waals surface area contributed by atoms with Crippen LogP contribution >= 0.6 is 0 Å². The first-order valence-corrected chi connectivity index (χ1v) is 4.73. The van der Waals surface area contributed by atoms with Gasteiger partial charge in [-0.15, -0.1) is 0 Å². The molecule has 0 saturated carbocycles. The number of aliphatic hydroxyl groups excluding tert-OH is 2. The Hall–Kier alpha value is -1.51. The number of hydrogen-bond acceptors (Lipinski definition) is 7. The monoisotopic (exact) mass is 228 g/mol. The smallest absolute Gasteiger partial charge is 0.354 e. The van der Waals surface area contributed by atoms with Gasteiger partial charge < -0.3 is 20.7 Å². The van der Waals surface area contributed by atoms with Crippen LogP contribution < -0.4 is 11.4 Å². The number of aliphatic hydroxyl groups is 2. The van der Waals surface area contributed by atoms with E-state index in [4.69, 9.17) is 10.5 Å². The van der Waals surface area contributed by atoms with Gasteiger partial charge in [-0.25, -0.2) is 9.78 Å². The van der Waals surface area contributed by atoms with Crippen molar-refractivity contribution in [3.05, 3.63) is 16.8 Å². The van der Waals surface area contributed by atoms with E-state index >= 15 is 0 Å². The highest BCUT2D eigenvalue weighted by atomic mass is 16.6. The first-order valence-electron chi connectivity index (χ1n) is 4.73. The van der Waals surface area contributed by atoms with Crippen LogP contribution in [0.4, 0.5) is 5.95 Å². The summed E-state index contributed by atoms with van der Waals surface area (Å²) in [5.74, 6) is -0.151. The Morgan fingerprint density at radius 2 is 2.19 bits per heavy atom. The molecule has 4 N–H and O–H groups in total. The van der Waals surface area contributed by atoms with Gasteiger partial charge in [-0.2, -0.15) is 4.98 Å². The van der Waals surface area contributed by atoms with Crippen LogP contribution in [-0.2, 0) is 4.74 Å². The maximum atomic E-state index is 11.4. The van der Waals surface area contributed by atoms with Gasteiger partial charge in [0.15, 0.2) is 6.23 Å². The van der Waals surface area contributed by atoms with E-state index in [1.807, 2.05) is 0 Å². The third kappa shape index (κ3) is 1.66. The van der Waals surface area contributed by atoms with Crippen LogP contribution in [0.15, 0.2) is 11.1 Å². The van der Waals surface area contributed by atoms with E-state index in [-0.39, 0.29) is 5.95 Å². The predicted molar refractivity (Wildman–Crippen MR) is 52.3 cm³/mol. The van der Waals surface area contributed by atoms with E-state index in [9.17, 15) is 15.0 Å². The van der Waals surface area contributed by atoms with Crippen LogP contribution in [0.25, 0.3) is 0 Å². The molecule has 0 aromatic carbocycles. The SMILES string of the molecule is C[C@H]1O[C@@H](n2cnc(N)nc2=O)[C@H](O)[C@@H]1O. The van der Waals surface area contributed by atoms with Crippen molar-refractivity contribution in [2.45, 2.75) is 31.5 Å². The van der Waals surface area contributed by atoms with Gasteiger partial charge in [0.1, 0.15) is 18.5 Å². The van der Waals surface area contributed by atoms with Crippen LogP contribution in [-0.4, -0.2) is 43.1 Å². The van der Waals surface area contributed by atoms with Gasteiger partial charge in [-0.05, 0) is 6.92 Å². The lowest BCUT2D eigenvalue weighted by atomic mass is 10.1. The molecule has 0 bridgehead atoms. The topological polar surface area (TPSA) is 123 Å². The summed E-state index contributed by atoms with van der Waals surface area (Å²) < 4.78 is 6.23. The quantitative estimate of drug-likeness (QED) is 0.501. The van der Waals surface area contributed by atoms with Gasteiger partial charge in [0, 0.05) is 0 Å². The molecule has 8 heteroatoms. The Morgan fingerprint density at radius 3 is 2.69 bits per heavy atom. The summed E-state index contributed by atoms with van der Waals surface area (Å²) in [4.78, 5) is 18.5. The molecule has 8 nitrogen and oxygen atoms in total. The molecule has 0 radical (unpaired) electrons. The number of ether oxygens (including phenoxy) is 1. The van der Waals surface area contributed by atoms with E-state index in [2.05, 4.69) is 9.97 Å². The molecule has 88 valence electrons. The summed E-state index contributed by atoms with van der Waals surface area (Å²) in [6.07, 6.45) is -2.67. The number of anilines is 1. The molecule has 1 aromatic rings. The second-order valence-electron chi connectivity index (χ2n) is 3.62. The fraction of sp³-hybridized carbons (Fsp3) is 0.625. The van der Waals surface area contributed by atoms with Crippen LogP contribution in [0.1, 0.15) is 13.2 Å². The second-order valence-corrected chi connectivity index (χ2v) is 3.62. The standard InChI is InChI=1S/C8H12N4O4/c1-3-4(13)5(14)6(16-3)12-2-10-7(9)11-8(12)15/h2-6,13-14H,1H3,(H2,9,11,15)/t3-,4-,5-,6-/m1/s1. The number of aromatic nitrogens is 3. The van der Waals surface area contributed by atoms with E-state index < -0.39 is 30.2 Å². The molecule has 1 aliphatic rings. The number of nitrogen functional groups attached to an aromatic ring is 1. The molecule has 0 amide bonds. The summed E-state index contributed by atoms with van der Waals surface area (Å²) in [5, 5.41) is 19.1. The summed E-state index contributed by atoms with van der Waals surface area (Å²) >= 11 is 0. The number of rotatable bonds is 1. The summed E-state index contributed by atoms with van der Waals surface area (Å²) in [6.45, 7) is 1.59. The molecule has 1 aliphatic heterocycles. The molecule has 0 unspecified atom stereocenters. The Bertz CT molecular complexity index is 448. The fourth-order valence-electron chi connectivity index (χ4n) is 1.59. The molecular weight excluding hydrogens is 216 g/mol. The maximum Gasteiger partial charge on any atom is 0.354 e. The van der Waals surface area contributed by atoms with Gasteiger partial charge in [0.05, 0.1) is 6.10 Å². The molecule has 0 spiro atoms. The molecule has 1 saturated heterocycles. The zero-order valence-electron chi connectivity index (χ0n) is 8.52. The van der Waals surface area contributed by atoms with Crippen molar-refractivity contribution in [2.24, 2.45) is 0 Å². The molecule has 16 heavy (non-hydrogen) atoms. The zero-order valence-corrected chi connectivity index (χ0v) is 8.52. The Kier molecular flexibility index (Phi) is 2.62. The minimum absolute atomic E-state index is 0.151. The van der Waals surface area contributed by atoms with Gasteiger partial charge >= 0.3 is 5.69 Å². The van der Waals surface area contributed by atoms with E-state index in [1.54, 1.807) is 6.92 Å². The largest absolute Gasteiger partial charge is 0.388 e. The average Bonchev–Trinajstić information content (AvgIpc) is 2.46. The first kappa shape index (κ1) is 11.0. The Labute approximate surface area is 90.3 Å². The second kappa shape index (κ2) is 3.81. The van der Waals surface area contributed by atoms with Crippen molar-refractivity contribution in [2.75, 3.05) is 5.73 Å².